The van der Waals surface area contributed by atoms with Crippen LogP contribution >= 0.6 is 23.2 Å². The summed E-state index contributed by atoms with van der Waals surface area (Å²) in [6.07, 6.45) is 1.22. The minimum atomic E-state index is -3.09. The Kier molecular flexibility index (Phi) is 4.53. The maximum atomic E-state index is 12.5. The summed E-state index contributed by atoms with van der Waals surface area (Å²) in [4.78, 5) is 25.0. The molecule has 1 aliphatic carbocycles. The van der Waals surface area contributed by atoms with E-state index in [-0.39, 0.29) is 16.5 Å². The van der Waals surface area contributed by atoms with Crippen LogP contribution in [0, 0.1) is 5.41 Å². The number of anilines is 1. The van der Waals surface area contributed by atoms with Crippen LogP contribution in [0.4, 0.5) is 5.69 Å². The second kappa shape index (κ2) is 6.20. The molecule has 1 unspecified atom stereocenters. The number of amides is 2. The van der Waals surface area contributed by atoms with Crippen LogP contribution in [0.5, 0.6) is 0 Å². The number of rotatable bonds is 4. The quantitative estimate of drug-likeness (QED) is 0.769. The average molecular weight is 391 g/mol. The van der Waals surface area contributed by atoms with E-state index in [1.807, 2.05) is 0 Å². The van der Waals surface area contributed by atoms with E-state index in [4.69, 9.17) is 23.2 Å². The van der Waals surface area contributed by atoms with Crippen LogP contribution in [0.1, 0.15) is 19.3 Å². The fourth-order valence-corrected chi connectivity index (χ4v) is 4.78. The smallest absolute Gasteiger partial charge is 0.240 e. The van der Waals surface area contributed by atoms with Gasteiger partial charge in [-0.05, 0) is 31.4 Å². The third-order valence-corrected chi connectivity index (χ3v) is 6.97. The van der Waals surface area contributed by atoms with Crippen LogP contribution in [0.2, 0.25) is 10.0 Å². The van der Waals surface area contributed by atoms with Gasteiger partial charge in [0.25, 0.3) is 0 Å². The molecule has 0 aromatic heterocycles. The van der Waals surface area contributed by atoms with E-state index >= 15 is 0 Å². The lowest BCUT2D eigenvalue weighted by Gasteiger charge is -2.18. The first-order chi connectivity index (χ1) is 11.2. The van der Waals surface area contributed by atoms with Gasteiger partial charge in [-0.25, -0.2) is 8.42 Å². The number of sulfone groups is 1. The van der Waals surface area contributed by atoms with E-state index in [0.29, 0.717) is 30.0 Å². The van der Waals surface area contributed by atoms with Crippen molar-refractivity contribution in [1.29, 1.82) is 0 Å². The zero-order valence-corrected chi connectivity index (χ0v) is 15.0. The molecule has 1 aliphatic heterocycles. The predicted octanol–water partition coefficient (Wildman–Crippen LogP) is 2.02. The van der Waals surface area contributed by atoms with Crippen molar-refractivity contribution in [1.82, 2.24) is 5.32 Å². The van der Waals surface area contributed by atoms with E-state index in [1.165, 1.54) is 0 Å². The van der Waals surface area contributed by atoms with Gasteiger partial charge in [0.1, 0.15) is 5.41 Å². The molecule has 0 spiro atoms. The number of hydrogen-bond donors (Lipinski definition) is 2. The van der Waals surface area contributed by atoms with Crippen molar-refractivity contribution in [3.05, 3.63) is 28.2 Å². The van der Waals surface area contributed by atoms with Gasteiger partial charge in [0.2, 0.25) is 11.8 Å². The molecule has 0 bridgehead atoms. The molecule has 9 heteroatoms. The molecule has 2 aliphatic rings. The Labute approximate surface area is 149 Å². The summed E-state index contributed by atoms with van der Waals surface area (Å²) >= 11 is 12.0. The lowest BCUT2D eigenvalue weighted by Crippen LogP contribution is -2.45. The normalized spacial score (nSPS) is 23.5. The highest BCUT2D eigenvalue weighted by Gasteiger charge is 2.57. The molecule has 6 nitrogen and oxygen atoms in total. The van der Waals surface area contributed by atoms with Crippen LogP contribution in [0.3, 0.4) is 0 Å². The average Bonchev–Trinajstić information content (AvgIpc) is 3.25. The van der Waals surface area contributed by atoms with E-state index < -0.39 is 33.1 Å². The lowest BCUT2D eigenvalue weighted by atomic mass is 10.0. The summed E-state index contributed by atoms with van der Waals surface area (Å²) in [7, 11) is -3.09. The summed E-state index contributed by atoms with van der Waals surface area (Å²) < 4.78 is 22.9. The molecule has 0 radical (unpaired) electrons. The number of carbonyl (C=O) groups excluding carboxylic acids is 2. The molecular weight excluding hydrogens is 375 g/mol. The molecule has 3 rings (SSSR count). The molecule has 1 saturated carbocycles. The maximum absolute atomic E-state index is 12.5. The summed E-state index contributed by atoms with van der Waals surface area (Å²) in [5.74, 6) is -0.892. The summed E-state index contributed by atoms with van der Waals surface area (Å²) in [5.41, 5.74) is -0.811. The number of nitrogens with one attached hydrogen (secondary N) is 2. The summed E-state index contributed by atoms with van der Waals surface area (Å²) in [6.45, 7) is 0. The molecule has 24 heavy (non-hydrogen) atoms. The first-order valence-electron chi connectivity index (χ1n) is 7.50. The number of benzene rings is 1. The highest BCUT2D eigenvalue weighted by atomic mass is 35.5. The van der Waals surface area contributed by atoms with Crippen LogP contribution in [-0.2, 0) is 19.4 Å². The molecule has 1 atom stereocenters. The van der Waals surface area contributed by atoms with Crippen LogP contribution in [-0.4, -0.2) is 37.8 Å². The monoisotopic (exact) mass is 390 g/mol. The van der Waals surface area contributed by atoms with Gasteiger partial charge in [0.05, 0.1) is 27.2 Å². The molecule has 2 fully saturated rings. The molecule has 1 heterocycles. The van der Waals surface area contributed by atoms with Gasteiger partial charge < -0.3 is 10.6 Å². The van der Waals surface area contributed by atoms with Gasteiger partial charge >= 0.3 is 0 Å². The van der Waals surface area contributed by atoms with Crippen molar-refractivity contribution in [3.8, 4) is 0 Å². The highest BCUT2D eigenvalue weighted by molar-refractivity contribution is 7.91. The molecule has 2 N–H and O–H groups in total. The number of halogens is 2. The zero-order valence-electron chi connectivity index (χ0n) is 12.6. The first kappa shape index (κ1) is 17.5. The van der Waals surface area contributed by atoms with Crippen molar-refractivity contribution < 1.29 is 18.0 Å². The minimum Gasteiger partial charge on any atom is -0.351 e. The van der Waals surface area contributed by atoms with Gasteiger partial charge in [-0.2, -0.15) is 0 Å². The first-order valence-corrected chi connectivity index (χ1v) is 10.1. The Balaban J connectivity index is 1.68. The van der Waals surface area contributed by atoms with Gasteiger partial charge in [0.15, 0.2) is 9.84 Å². The second-order valence-corrected chi connectivity index (χ2v) is 9.22. The Hall–Kier alpha value is -1.31. The molecule has 1 saturated heterocycles. The molecular formula is C15H16Cl2N2O4S. The van der Waals surface area contributed by atoms with E-state index in [2.05, 4.69) is 10.6 Å². The highest BCUT2D eigenvalue weighted by Crippen LogP contribution is 2.47. The standard InChI is InChI=1S/C15H16Cl2N2O4S/c16-10-2-1-3-11(12(10)17)19-14(21)15(5-6-15)13(20)18-9-4-7-24(22,23)8-9/h1-3,9H,4-8H2,(H,18,20)(H,19,21). The van der Waals surface area contributed by atoms with Crippen LogP contribution in [0.25, 0.3) is 0 Å². The second-order valence-electron chi connectivity index (χ2n) is 6.21. The van der Waals surface area contributed by atoms with E-state index in [9.17, 15) is 18.0 Å². The SMILES string of the molecule is O=C(Nc1cccc(Cl)c1Cl)C1(C(=O)NC2CCS(=O)(=O)C2)CC1. The Morgan fingerprint density at radius 3 is 2.46 bits per heavy atom. The zero-order chi connectivity index (χ0) is 17.5. The Bertz CT molecular complexity index is 806. The lowest BCUT2D eigenvalue weighted by molar-refractivity contribution is -0.134. The Morgan fingerprint density at radius 1 is 1.17 bits per heavy atom. The van der Waals surface area contributed by atoms with Crippen molar-refractivity contribution in [3.63, 3.8) is 0 Å². The van der Waals surface area contributed by atoms with Crippen LogP contribution in [0.15, 0.2) is 18.2 Å². The largest absolute Gasteiger partial charge is 0.351 e. The van der Waals surface area contributed by atoms with Gasteiger partial charge in [-0.15, -0.1) is 0 Å². The van der Waals surface area contributed by atoms with Gasteiger partial charge in [-0.1, -0.05) is 29.3 Å². The topological polar surface area (TPSA) is 92.3 Å². The Morgan fingerprint density at radius 2 is 1.88 bits per heavy atom. The van der Waals surface area contributed by atoms with Crippen molar-refractivity contribution in [2.45, 2.75) is 25.3 Å². The van der Waals surface area contributed by atoms with Crippen molar-refractivity contribution in [2.24, 2.45) is 5.41 Å². The van der Waals surface area contributed by atoms with Gasteiger partial charge in [0, 0.05) is 6.04 Å². The summed E-state index contributed by atoms with van der Waals surface area (Å²) in [5, 5.41) is 5.85. The fourth-order valence-electron chi connectivity index (χ4n) is 2.76. The van der Waals surface area contributed by atoms with Crippen molar-refractivity contribution >= 4 is 50.5 Å². The van der Waals surface area contributed by atoms with Gasteiger partial charge in [-0.3, -0.25) is 9.59 Å². The molecule has 1 aromatic rings. The third kappa shape index (κ3) is 3.38. The molecule has 1 aromatic carbocycles. The minimum absolute atomic E-state index is 0.0647. The van der Waals surface area contributed by atoms with E-state index in [0.717, 1.165) is 0 Å². The molecule has 130 valence electrons. The van der Waals surface area contributed by atoms with Crippen molar-refractivity contribution in [2.75, 3.05) is 16.8 Å². The summed E-state index contributed by atoms with van der Waals surface area (Å²) in [6, 6.07) is 4.42. The van der Waals surface area contributed by atoms with Crippen LogP contribution < -0.4 is 10.6 Å². The predicted molar refractivity (Wildman–Crippen MR) is 92.0 cm³/mol. The third-order valence-electron chi connectivity index (χ3n) is 4.39. The fraction of sp³-hybridized carbons (Fsp3) is 0.467. The number of carbonyl (C=O) groups is 2. The molecule has 2 amide bonds. The van der Waals surface area contributed by atoms with E-state index in [1.54, 1.807) is 18.2 Å². The number of hydrogen-bond acceptors (Lipinski definition) is 4. The maximum Gasteiger partial charge on any atom is 0.240 e.